The summed E-state index contributed by atoms with van der Waals surface area (Å²) in [6.45, 7) is 4.36. The van der Waals surface area contributed by atoms with Gasteiger partial charge in [-0.1, -0.05) is 0 Å². The summed E-state index contributed by atoms with van der Waals surface area (Å²) in [5.41, 5.74) is -5.17. The lowest BCUT2D eigenvalue weighted by atomic mass is 10.3. The SMILES string of the molecule is C[C@@H](O)CN1CCN(CCS(=O)(=O)C(F)(F)F)CC1. The van der Waals surface area contributed by atoms with E-state index in [0.717, 1.165) is 0 Å². The summed E-state index contributed by atoms with van der Waals surface area (Å²) in [6, 6.07) is 0. The average Bonchev–Trinajstić information content (AvgIpc) is 2.26. The van der Waals surface area contributed by atoms with Gasteiger partial charge in [-0.3, -0.25) is 9.80 Å². The number of piperazine rings is 1. The molecular weight excluding hydrogens is 285 g/mol. The van der Waals surface area contributed by atoms with E-state index in [-0.39, 0.29) is 6.54 Å². The lowest BCUT2D eigenvalue weighted by Gasteiger charge is -2.35. The Hall–Kier alpha value is -0.380. The molecule has 1 fully saturated rings. The molecule has 114 valence electrons. The number of rotatable bonds is 5. The molecule has 0 aromatic carbocycles. The topological polar surface area (TPSA) is 60.9 Å². The van der Waals surface area contributed by atoms with E-state index in [4.69, 9.17) is 0 Å². The van der Waals surface area contributed by atoms with Crippen LogP contribution in [-0.2, 0) is 9.84 Å². The molecule has 0 spiro atoms. The van der Waals surface area contributed by atoms with Gasteiger partial charge in [0.2, 0.25) is 9.84 Å². The number of hydrogen-bond donors (Lipinski definition) is 1. The predicted octanol–water partition coefficient (Wildman–Crippen LogP) is -0.0806. The monoisotopic (exact) mass is 304 g/mol. The Balaban J connectivity index is 2.35. The van der Waals surface area contributed by atoms with E-state index in [9.17, 15) is 26.7 Å². The minimum Gasteiger partial charge on any atom is -0.392 e. The summed E-state index contributed by atoms with van der Waals surface area (Å²) in [7, 11) is -5.02. The molecule has 0 radical (unpaired) electrons. The largest absolute Gasteiger partial charge is 0.497 e. The normalized spacial score (nSPS) is 21.5. The predicted molar refractivity (Wildman–Crippen MR) is 64.4 cm³/mol. The number of hydrogen-bond acceptors (Lipinski definition) is 5. The summed E-state index contributed by atoms with van der Waals surface area (Å²) < 4.78 is 58.3. The summed E-state index contributed by atoms with van der Waals surface area (Å²) in [5.74, 6) is -0.896. The van der Waals surface area contributed by atoms with Crippen molar-refractivity contribution in [3.8, 4) is 0 Å². The fourth-order valence-electron chi connectivity index (χ4n) is 1.93. The maximum atomic E-state index is 12.2. The van der Waals surface area contributed by atoms with Crippen molar-refractivity contribution in [2.45, 2.75) is 18.5 Å². The van der Waals surface area contributed by atoms with Crippen LogP contribution in [0.3, 0.4) is 0 Å². The van der Waals surface area contributed by atoms with Crippen molar-refractivity contribution in [3.63, 3.8) is 0 Å². The average molecular weight is 304 g/mol. The van der Waals surface area contributed by atoms with E-state index in [2.05, 4.69) is 0 Å². The van der Waals surface area contributed by atoms with E-state index in [1.165, 1.54) is 0 Å². The summed E-state index contributed by atoms with van der Waals surface area (Å²) in [4.78, 5) is 3.70. The molecule has 0 aliphatic carbocycles. The summed E-state index contributed by atoms with van der Waals surface area (Å²) >= 11 is 0. The molecular formula is C10H19F3N2O3S. The molecule has 1 saturated heterocycles. The third-order valence-electron chi connectivity index (χ3n) is 3.02. The smallest absolute Gasteiger partial charge is 0.392 e. The van der Waals surface area contributed by atoms with Gasteiger partial charge in [-0.25, -0.2) is 8.42 Å². The molecule has 9 heteroatoms. The van der Waals surface area contributed by atoms with Gasteiger partial charge >= 0.3 is 5.51 Å². The maximum absolute atomic E-state index is 12.2. The van der Waals surface area contributed by atoms with Gasteiger partial charge in [0, 0.05) is 39.3 Å². The Bertz CT molecular complexity index is 376. The lowest BCUT2D eigenvalue weighted by molar-refractivity contribution is -0.0437. The second kappa shape index (κ2) is 6.38. The van der Waals surface area contributed by atoms with Crippen molar-refractivity contribution in [2.24, 2.45) is 0 Å². The Morgan fingerprint density at radius 1 is 1.16 bits per heavy atom. The van der Waals surface area contributed by atoms with E-state index >= 15 is 0 Å². The zero-order valence-electron chi connectivity index (χ0n) is 10.7. The highest BCUT2D eigenvalue weighted by molar-refractivity contribution is 7.92. The second-order valence-corrected chi connectivity index (χ2v) is 6.86. The Morgan fingerprint density at radius 2 is 1.63 bits per heavy atom. The van der Waals surface area contributed by atoms with Crippen LogP contribution in [-0.4, -0.2) is 80.0 Å². The minimum atomic E-state index is -5.17. The zero-order valence-corrected chi connectivity index (χ0v) is 11.5. The van der Waals surface area contributed by atoms with Crippen LogP contribution in [0.15, 0.2) is 0 Å². The van der Waals surface area contributed by atoms with Crippen LogP contribution in [0.5, 0.6) is 0 Å². The lowest BCUT2D eigenvalue weighted by Crippen LogP contribution is -2.49. The van der Waals surface area contributed by atoms with Crippen LogP contribution in [0.1, 0.15) is 6.92 Å². The molecule has 19 heavy (non-hydrogen) atoms. The number of halogens is 3. The van der Waals surface area contributed by atoms with E-state index in [1.807, 2.05) is 4.90 Å². The Kier molecular flexibility index (Phi) is 5.60. The Labute approximate surface area is 110 Å². The molecule has 1 rings (SSSR count). The molecule has 0 aromatic rings. The van der Waals surface area contributed by atoms with Gasteiger partial charge in [0.25, 0.3) is 0 Å². The van der Waals surface area contributed by atoms with Crippen molar-refractivity contribution in [1.29, 1.82) is 0 Å². The van der Waals surface area contributed by atoms with Crippen LogP contribution in [0, 0.1) is 0 Å². The van der Waals surface area contributed by atoms with Crippen LogP contribution < -0.4 is 0 Å². The van der Waals surface area contributed by atoms with Crippen LogP contribution in [0.25, 0.3) is 0 Å². The quantitative estimate of drug-likeness (QED) is 0.770. The van der Waals surface area contributed by atoms with Gasteiger partial charge in [0.15, 0.2) is 0 Å². The third-order valence-corrected chi connectivity index (χ3v) is 4.44. The highest BCUT2D eigenvalue weighted by Crippen LogP contribution is 2.23. The second-order valence-electron chi connectivity index (χ2n) is 4.76. The maximum Gasteiger partial charge on any atom is 0.497 e. The molecule has 5 nitrogen and oxygen atoms in total. The number of aliphatic hydroxyl groups is 1. The highest BCUT2D eigenvalue weighted by atomic mass is 32.2. The molecule has 0 unspecified atom stereocenters. The molecule has 1 aliphatic rings. The molecule has 1 atom stereocenters. The van der Waals surface area contributed by atoms with Crippen LogP contribution in [0.2, 0.25) is 0 Å². The Morgan fingerprint density at radius 3 is 2.05 bits per heavy atom. The van der Waals surface area contributed by atoms with Crippen LogP contribution in [0.4, 0.5) is 13.2 Å². The molecule has 0 bridgehead atoms. The molecule has 1 aliphatic heterocycles. The number of sulfone groups is 1. The zero-order chi connectivity index (χ0) is 14.7. The third kappa shape index (κ3) is 5.25. The van der Waals surface area contributed by atoms with Gasteiger partial charge in [-0.2, -0.15) is 13.2 Å². The summed E-state index contributed by atoms with van der Waals surface area (Å²) in [5, 5.41) is 9.21. The number of aliphatic hydroxyl groups excluding tert-OH is 1. The number of alkyl halides is 3. The molecule has 1 N–H and O–H groups in total. The van der Waals surface area contributed by atoms with Gasteiger partial charge in [0.1, 0.15) is 0 Å². The molecule has 0 aromatic heterocycles. The van der Waals surface area contributed by atoms with E-state index in [0.29, 0.717) is 32.7 Å². The van der Waals surface area contributed by atoms with Crippen molar-refractivity contribution in [1.82, 2.24) is 9.80 Å². The van der Waals surface area contributed by atoms with E-state index < -0.39 is 27.2 Å². The number of nitrogens with zero attached hydrogens (tertiary/aromatic N) is 2. The van der Waals surface area contributed by atoms with Crippen molar-refractivity contribution in [3.05, 3.63) is 0 Å². The fraction of sp³-hybridized carbons (Fsp3) is 1.00. The standard InChI is InChI=1S/C10H19F3N2O3S/c1-9(16)8-15-4-2-14(3-5-15)6-7-19(17,18)10(11,12)13/h9,16H,2-8H2,1H3/t9-/m1/s1. The van der Waals surface area contributed by atoms with Crippen LogP contribution >= 0.6 is 0 Å². The molecule has 0 saturated carbocycles. The summed E-state index contributed by atoms with van der Waals surface area (Å²) in [6.07, 6.45) is -0.447. The van der Waals surface area contributed by atoms with Gasteiger partial charge in [-0.05, 0) is 6.92 Å². The molecule has 1 heterocycles. The van der Waals surface area contributed by atoms with Gasteiger partial charge < -0.3 is 5.11 Å². The minimum absolute atomic E-state index is 0.107. The number of β-amino-alcohol motifs (C(OH)–C–C–N with tert-alkyl or cyclic N) is 1. The van der Waals surface area contributed by atoms with Crippen molar-refractivity contribution < 1.29 is 26.7 Å². The first-order valence-electron chi connectivity index (χ1n) is 6.03. The fourth-order valence-corrected chi connectivity index (χ4v) is 2.66. The van der Waals surface area contributed by atoms with E-state index in [1.54, 1.807) is 11.8 Å². The van der Waals surface area contributed by atoms with Crippen molar-refractivity contribution >= 4 is 9.84 Å². The van der Waals surface area contributed by atoms with Gasteiger partial charge in [0.05, 0.1) is 11.9 Å². The van der Waals surface area contributed by atoms with Gasteiger partial charge in [-0.15, -0.1) is 0 Å². The molecule has 0 amide bonds. The first-order valence-corrected chi connectivity index (χ1v) is 7.69. The van der Waals surface area contributed by atoms with Crippen molar-refractivity contribution in [2.75, 3.05) is 45.0 Å². The highest BCUT2D eigenvalue weighted by Gasteiger charge is 2.45. The first-order chi connectivity index (χ1) is 8.62. The first kappa shape index (κ1) is 16.7.